The van der Waals surface area contributed by atoms with Crippen molar-refractivity contribution in [3.05, 3.63) is 0 Å². The summed E-state index contributed by atoms with van der Waals surface area (Å²) >= 11 is 0. The van der Waals surface area contributed by atoms with Crippen LogP contribution in [-0.2, 0) is 0 Å². The van der Waals surface area contributed by atoms with Crippen molar-refractivity contribution in [1.29, 1.82) is 0 Å². The Kier molecular flexibility index (Phi) is 5.11. The summed E-state index contributed by atoms with van der Waals surface area (Å²) in [5, 5.41) is 3.67. The van der Waals surface area contributed by atoms with Crippen LogP contribution in [0.15, 0.2) is 0 Å². The van der Waals surface area contributed by atoms with Crippen molar-refractivity contribution in [1.82, 2.24) is 5.32 Å². The Labute approximate surface area is 96.0 Å². The lowest BCUT2D eigenvalue weighted by atomic mass is 9.86. The van der Waals surface area contributed by atoms with Crippen molar-refractivity contribution in [2.75, 3.05) is 6.54 Å². The lowest BCUT2D eigenvalue weighted by Crippen LogP contribution is -2.38. The highest BCUT2D eigenvalue weighted by Gasteiger charge is 2.19. The normalized spacial score (nSPS) is 21.6. The summed E-state index contributed by atoms with van der Waals surface area (Å²) in [4.78, 5) is 0. The fraction of sp³-hybridized carbons (Fsp3) is 1.00. The molecular formula is C14H29N. The van der Waals surface area contributed by atoms with Crippen molar-refractivity contribution in [2.24, 2.45) is 11.3 Å². The Balaban J connectivity index is 2.10. The predicted octanol–water partition coefficient (Wildman–Crippen LogP) is 3.98. The smallest absolute Gasteiger partial charge is 0.00872 e. The van der Waals surface area contributed by atoms with Gasteiger partial charge in [-0.1, -0.05) is 52.9 Å². The molecule has 0 heterocycles. The first-order chi connectivity index (χ1) is 7.00. The van der Waals surface area contributed by atoms with Crippen LogP contribution in [0.1, 0.15) is 66.2 Å². The van der Waals surface area contributed by atoms with Gasteiger partial charge in [0, 0.05) is 6.04 Å². The first kappa shape index (κ1) is 13.0. The number of hydrogen-bond donors (Lipinski definition) is 1. The molecule has 0 aromatic carbocycles. The summed E-state index contributed by atoms with van der Waals surface area (Å²) in [6.07, 6.45) is 8.76. The first-order valence-electron chi connectivity index (χ1n) is 6.73. The van der Waals surface area contributed by atoms with Crippen LogP contribution in [0.2, 0.25) is 0 Å². The Morgan fingerprint density at radius 1 is 1.13 bits per heavy atom. The summed E-state index contributed by atoms with van der Waals surface area (Å²) in [7, 11) is 0. The second-order valence-corrected chi connectivity index (χ2v) is 6.33. The topological polar surface area (TPSA) is 12.0 Å². The summed E-state index contributed by atoms with van der Waals surface area (Å²) in [5.74, 6) is 1.01. The van der Waals surface area contributed by atoms with E-state index >= 15 is 0 Å². The van der Waals surface area contributed by atoms with E-state index in [1.54, 1.807) is 0 Å². The van der Waals surface area contributed by atoms with Gasteiger partial charge in [0.1, 0.15) is 0 Å². The molecule has 1 rings (SSSR count). The number of rotatable bonds is 4. The van der Waals surface area contributed by atoms with E-state index in [4.69, 9.17) is 0 Å². The molecule has 1 nitrogen and oxygen atoms in total. The zero-order chi connectivity index (χ0) is 11.3. The minimum Gasteiger partial charge on any atom is -0.314 e. The van der Waals surface area contributed by atoms with Crippen LogP contribution >= 0.6 is 0 Å². The average molecular weight is 211 g/mol. The Bertz CT molecular complexity index is 163. The van der Waals surface area contributed by atoms with Gasteiger partial charge in [0.05, 0.1) is 0 Å². The quantitative estimate of drug-likeness (QED) is 0.741. The van der Waals surface area contributed by atoms with Crippen LogP contribution in [0.5, 0.6) is 0 Å². The molecule has 1 unspecified atom stereocenters. The molecule has 1 saturated carbocycles. The third-order valence-corrected chi connectivity index (χ3v) is 4.03. The molecule has 0 aromatic rings. The molecule has 0 radical (unpaired) electrons. The second-order valence-electron chi connectivity index (χ2n) is 6.33. The average Bonchev–Trinajstić information content (AvgIpc) is 2.18. The van der Waals surface area contributed by atoms with Gasteiger partial charge in [-0.3, -0.25) is 0 Å². The van der Waals surface area contributed by atoms with Gasteiger partial charge < -0.3 is 5.32 Å². The van der Waals surface area contributed by atoms with Crippen LogP contribution in [0.25, 0.3) is 0 Å². The van der Waals surface area contributed by atoms with E-state index in [2.05, 4.69) is 33.0 Å². The largest absolute Gasteiger partial charge is 0.314 e. The van der Waals surface area contributed by atoms with Gasteiger partial charge in [-0.15, -0.1) is 0 Å². The lowest BCUT2D eigenvalue weighted by Gasteiger charge is -2.29. The van der Waals surface area contributed by atoms with E-state index in [1.165, 1.54) is 45.1 Å². The molecule has 1 N–H and O–H groups in total. The highest BCUT2D eigenvalue weighted by Crippen LogP contribution is 2.26. The molecule has 0 bridgehead atoms. The molecule has 0 aliphatic heterocycles. The highest BCUT2D eigenvalue weighted by atomic mass is 14.9. The van der Waals surface area contributed by atoms with Crippen LogP contribution in [0.4, 0.5) is 0 Å². The number of hydrogen-bond acceptors (Lipinski definition) is 1. The van der Waals surface area contributed by atoms with Gasteiger partial charge in [-0.25, -0.2) is 0 Å². The van der Waals surface area contributed by atoms with E-state index in [1.807, 2.05) is 0 Å². The fourth-order valence-corrected chi connectivity index (χ4v) is 2.29. The molecule has 0 spiro atoms. The van der Waals surface area contributed by atoms with Crippen LogP contribution < -0.4 is 5.32 Å². The molecule has 90 valence electrons. The van der Waals surface area contributed by atoms with E-state index in [9.17, 15) is 0 Å². The molecule has 0 saturated heterocycles. The third kappa shape index (κ3) is 5.01. The number of nitrogens with one attached hydrogen (secondary N) is 1. The van der Waals surface area contributed by atoms with Gasteiger partial charge >= 0.3 is 0 Å². The van der Waals surface area contributed by atoms with E-state index in [0.717, 1.165) is 5.92 Å². The molecule has 1 atom stereocenters. The monoisotopic (exact) mass is 211 g/mol. The van der Waals surface area contributed by atoms with Gasteiger partial charge in [0.25, 0.3) is 0 Å². The highest BCUT2D eigenvalue weighted by molar-refractivity contribution is 4.76. The van der Waals surface area contributed by atoms with Crippen molar-refractivity contribution in [2.45, 2.75) is 72.3 Å². The van der Waals surface area contributed by atoms with Gasteiger partial charge in [-0.2, -0.15) is 0 Å². The molecular weight excluding hydrogens is 182 g/mol. The molecule has 15 heavy (non-hydrogen) atoms. The second kappa shape index (κ2) is 5.89. The van der Waals surface area contributed by atoms with Crippen LogP contribution in [0.3, 0.4) is 0 Å². The SMILES string of the molecule is CC(NCCC1CCCCC1)C(C)(C)C. The maximum atomic E-state index is 3.67. The standard InChI is InChI=1S/C14H29N/c1-12(14(2,3)4)15-11-10-13-8-6-5-7-9-13/h12-13,15H,5-11H2,1-4H3. The lowest BCUT2D eigenvalue weighted by molar-refractivity contribution is 0.268. The maximum Gasteiger partial charge on any atom is 0.00872 e. The predicted molar refractivity (Wildman–Crippen MR) is 68.1 cm³/mol. The minimum atomic E-state index is 0.395. The first-order valence-corrected chi connectivity index (χ1v) is 6.73. The van der Waals surface area contributed by atoms with Crippen molar-refractivity contribution < 1.29 is 0 Å². The van der Waals surface area contributed by atoms with Crippen molar-refractivity contribution in [3.63, 3.8) is 0 Å². The molecule has 1 aliphatic rings. The van der Waals surface area contributed by atoms with Gasteiger partial charge in [0.15, 0.2) is 0 Å². The zero-order valence-electron chi connectivity index (χ0n) is 11.1. The fourth-order valence-electron chi connectivity index (χ4n) is 2.29. The van der Waals surface area contributed by atoms with Gasteiger partial charge in [0.2, 0.25) is 0 Å². The Morgan fingerprint density at radius 2 is 1.73 bits per heavy atom. The zero-order valence-corrected chi connectivity index (χ0v) is 11.1. The van der Waals surface area contributed by atoms with E-state index < -0.39 is 0 Å². The summed E-state index contributed by atoms with van der Waals surface area (Å²) in [6.45, 7) is 10.5. The molecule has 0 aromatic heterocycles. The minimum absolute atomic E-state index is 0.395. The maximum absolute atomic E-state index is 3.67. The molecule has 1 heteroatoms. The summed E-state index contributed by atoms with van der Waals surface area (Å²) in [5.41, 5.74) is 0.395. The van der Waals surface area contributed by atoms with Crippen LogP contribution in [0, 0.1) is 11.3 Å². The van der Waals surface area contributed by atoms with Crippen molar-refractivity contribution in [3.8, 4) is 0 Å². The van der Waals surface area contributed by atoms with Crippen LogP contribution in [-0.4, -0.2) is 12.6 Å². The molecule has 0 amide bonds. The Hall–Kier alpha value is -0.0400. The van der Waals surface area contributed by atoms with Crippen molar-refractivity contribution >= 4 is 0 Å². The molecule has 1 aliphatic carbocycles. The summed E-state index contributed by atoms with van der Waals surface area (Å²) in [6, 6.07) is 0.626. The summed E-state index contributed by atoms with van der Waals surface area (Å²) < 4.78 is 0. The van der Waals surface area contributed by atoms with E-state index in [0.29, 0.717) is 11.5 Å². The van der Waals surface area contributed by atoms with Gasteiger partial charge in [-0.05, 0) is 31.2 Å². The van der Waals surface area contributed by atoms with E-state index in [-0.39, 0.29) is 0 Å². The molecule has 1 fully saturated rings. The Morgan fingerprint density at radius 3 is 2.27 bits per heavy atom. The third-order valence-electron chi connectivity index (χ3n) is 4.03.